The first-order chi connectivity index (χ1) is 8.08. The Morgan fingerprint density at radius 3 is 2.47 bits per heavy atom. The summed E-state index contributed by atoms with van der Waals surface area (Å²) in [5.74, 6) is -1.98. The van der Waals surface area contributed by atoms with E-state index in [2.05, 4.69) is 5.32 Å². The molecule has 1 aromatic rings. The summed E-state index contributed by atoms with van der Waals surface area (Å²) in [6.07, 6.45) is 0.191. The Labute approximate surface area is 98.5 Å². The SMILES string of the molecule is CC[C@@H](CO)NC(=O)Cc1c(F)cccc1F. The number of carbonyl (C=O) groups excluding carboxylic acids is 1. The normalized spacial score (nSPS) is 12.2. The van der Waals surface area contributed by atoms with E-state index in [1.165, 1.54) is 6.07 Å². The predicted octanol–water partition coefficient (Wildman–Crippen LogP) is 1.39. The molecular weight excluding hydrogens is 228 g/mol. The molecule has 0 aromatic heterocycles. The van der Waals surface area contributed by atoms with Gasteiger partial charge in [-0.05, 0) is 18.6 Å². The van der Waals surface area contributed by atoms with Crippen LogP contribution in [0.5, 0.6) is 0 Å². The molecule has 0 radical (unpaired) electrons. The van der Waals surface area contributed by atoms with Crippen molar-refractivity contribution in [2.45, 2.75) is 25.8 Å². The minimum atomic E-state index is -0.739. The maximum Gasteiger partial charge on any atom is 0.224 e. The summed E-state index contributed by atoms with van der Waals surface area (Å²) in [4.78, 5) is 11.5. The fourth-order valence-electron chi connectivity index (χ4n) is 1.42. The molecule has 0 fully saturated rings. The fourth-order valence-corrected chi connectivity index (χ4v) is 1.42. The molecule has 0 heterocycles. The molecule has 1 atom stereocenters. The van der Waals surface area contributed by atoms with Crippen LogP contribution in [0.4, 0.5) is 8.78 Å². The third kappa shape index (κ3) is 3.78. The minimum absolute atomic E-state index is 0.192. The maximum atomic E-state index is 13.2. The molecule has 0 saturated carbocycles. The number of halogens is 2. The van der Waals surface area contributed by atoms with Crippen LogP contribution in [0.2, 0.25) is 0 Å². The van der Waals surface area contributed by atoms with Gasteiger partial charge in [-0.25, -0.2) is 8.78 Å². The molecule has 1 aromatic carbocycles. The summed E-state index contributed by atoms with van der Waals surface area (Å²) in [5, 5.41) is 11.4. The molecule has 0 unspecified atom stereocenters. The van der Waals surface area contributed by atoms with Crippen LogP contribution in [0.3, 0.4) is 0 Å². The van der Waals surface area contributed by atoms with Crippen LogP contribution in [0.1, 0.15) is 18.9 Å². The van der Waals surface area contributed by atoms with Gasteiger partial charge < -0.3 is 10.4 Å². The summed E-state index contributed by atoms with van der Waals surface area (Å²) < 4.78 is 26.5. The zero-order valence-electron chi connectivity index (χ0n) is 9.54. The van der Waals surface area contributed by atoms with Gasteiger partial charge in [0.15, 0.2) is 0 Å². The van der Waals surface area contributed by atoms with E-state index < -0.39 is 17.5 Å². The van der Waals surface area contributed by atoms with Crippen molar-refractivity contribution in [3.8, 4) is 0 Å². The Balaban J connectivity index is 2.68. The van der Waals surface area contributed by atoms with Crippen molar-refractivity contribution in [2.75, 3.05) is 6.61 Å². The van der Waals surface area contributed by atoms with E-state index in [1.54, 1.807) is 6.92 Å². The molecule has 0 aliphatic rings. The third-order valence-corrected chi connectivity index (χ3v) is 2.48. The summed E-state index contributed by atoms with van der Waals surface area (Å²) in [5.41, 5.74) is -0.252. The Morgan fingerprint density at radius 2 is 2.00 bits per heavy atom. The van der Waals surface area contributed by atoms with Crippen LogP contribution in [-0.2, 0) is 11.2 Å². The van der Waals surface area contributed by atoms with Gasteiger partial charge in [-0.15, -0.1) is 0 Å². The number of aliphatic hydroxyl groups excluding tert-OH is 1. The first-order valence-corrected chi connectivity index (χ1v) is 5.41. The summed E-state index contributed by atoms with van der Waals surface area (Å²) in [7, 11) is 0. The van der Waals surface area contributed by atoms with E-state index in [4.69, 9.17) is 5.11 Å². The monoisotopic (exact) mass is 243 g/mol. The number of benzene rings is 1. The summed E-state index contributed by atoms with van der Waals surface area (Å²) >= 11 is 0. The topological polar surface area (TPSA) is 49.3 Å². The second-order valence-corrected chi connectivity index (χ2v) is 3.73. The third-order valence-electron chi connectivity index (χ3n) is 2.48. The molecule has 0 saturated heterocycles. The van der Waals surface area contributed by atoms with Crippen molar-refractivity contribution in [2.24, 2.45) is 0 Å². The van der Waals surface area contributed by atoms with Crippen LogP contribution in [0, 0.1) is 11.6 Å². The molecular formula is C12H15F2NO2. The largest absolute Gasteiger partial charge is 0.394 e. The second kappa shape index (κ2) is 6.30. The van der Waals surface area contributed by atoms with Crippen LogP contribution in [0.15, 0.2) is 18.2 Å². The van der Waals surface area contributed by atoms with Crippen molar-refractivity contribution >= 4 is 5.91 Å². The molecule has 1 amide bonds. The molecule has 2 N–H and O–H groups in total. The van der Waals surface area contributed by atoms with Gasteiger partial charge in [0.2, 0.25) is 5.91 Å². The van der Waals surface area contributed by atoms with E-state index in [0.29, 0.717) is 6.42 Å². The number of hydrogen-bond donors (Lipinski definition) is 2. The van der Waals surface area contributed by atoms with Gasteiger partial charge in [0, 0.05) is 5.56 Å². The average molecular weight is 243 g/mol. The van der Waals surface area contributed by atoms with E-state index in [9.17, 15) is 13.6 Å². The second-order valence-electron chi connectivity index (χ2n) is 3.73. The molecule has 94 valence electrons. The summed E-state index contributed by atoms with van der Waals surface area (Å²) in [6.45, 7) is 1.60. The van der Waals surface area contributed by atoms with Crippen molar-refractivity contribution in [3.05, 3.63) is 35.4 Å². The van der Waals surface area contributed by atoms with Gasteiger partial charge >= 0.3 is 0 Å². The highest BCUT2D eigenvalue weighted by atomic mass is 19.1. The van der Waals surface area contributed by atoms with Gasteiger partial charge in [0.1, 0.15) is 11.6 Å². The van der Waals surface area contributed by atoms with Gasteiger partial charge in [-0.1, -0.05) is 13.0 Å². The average Bonchev–Trinajstić information content (AvgIpc) is 2.31. The molecule has 17 heavy (non-hydrogen) atoms. The quantitative estimate of drug-likeness (QED) is 0.821. The molecule has 1 rings (SSSR count). The highest BCUT2D eigenvalue weighted by Gasteiger charge is 2.15. The number of aliphatic hydroxyl groups is 1. The summed E-state index contributed by atoms with van der Waals surface area (Å²) in [6, 6.07) is 3.08. The number of rotatable bonds is 5. The molecule has 5 heteroatoms. The first kappa shape index (κ1) is 13.6. The molecule has 0 aliphatic heterocycles. The van der Waals surface area contributed by atoms with E-state index in [1.807, 2.05) is 0 Å². The maximum absolute atomic E-state index is 13.2. The first-order valence-electron chi connectivity index (χ1n) is 5.41. The highest BCUT2D eigenvalue weighted by Crippen LogP contribution is 2.12. The van der Waals surface area contributed by atoms with Crippen molar-refractivity contribution in [1.82, 2.24) is 5.32 Å². The number of nitrogens with one attached hydrogen (secondary N) is 1. The Bertz CT molecular complexity index is 372. The van der Waals surface area contributed by atoms with Gasteiger partial charge in [0.05, 0.1) is 19.1 Å². The number of hydrogen-bond acceptors (Lipinski definition) is 2. The lowest BCUT2D eigenvalue weighted by molar-refractivity contribution is -0.121. The lowest BCUT2D eigenvalue weighted by Gasteiger charge is -2.14. The van der Waals surface area contributed by atoms with Crippen molar-refractivity contribution < 1.29 is 18.7 Å². The minimum Gasteiger partial charge on any atom is -0.394 e. The van der Waals surface area contributed by atoms with Gasteiger partial charge in [-0.3, -0.25) is 4.79 Å². The fraction of sp³-hybridized carbons (Fsp3) is 0.417. The Kier molecular flexibility index (Phi) is 5.03. The zero-order valence-corrected chi connectivity index (χ0v) is 9.54. The number of carbonyl (C=O) groups is 1. The van der Waals surface area contributed by atoms with Gasteiger partial charge in [0.25, 0.3) is 0 Å². The van der Waals surface area contributed by atoms with Crippen molar-refractivity contribution in [3.63, 3.8) is 0 Å². The van der Waals surface area contributed by atoms with E-state index >= 15 is 0 Å². The smallest absolute Gasteiger partial charge is 0.224 e. The van der Waals surface area contributed by atoms with Crippen LogP contribution >= 0.6 is 0 Å². The predicted molar refractivity (Wildman–Crippen MR) is 59.4 cm³/mol. The molecule has 0 aliphatic carbocycles. The van der Waals surface area contributed by atoms with Crippen molar-refractivity contribution in [1.29, 1.82) is 0 Å². The van der Waals surface area contributed by atoms with E-state index in [-0.39, 0.29) is 24.6 Å². The van der Waals surface area contributed by atoms with Crippen LogP contribution in [-0.4, -0.2) is 23.7 Å². The van der Waals surface area contributed by atoms with Crippen LogP contribution < -0.4 is 5.32 Å². The van der Waals surface area contributed by atoms with Crippen LogP contribution in [0.25, 0.3) is 0 Å². The molecule has 3 nitrogen and oxygen atoms in total. The van der Waals surface area contributed by atoms with E-state index in [0.717, 1.165) is 12.1 Å². The lowest BCUT2D eigenvalue weighted by Crippen LogP contribution is -2.38. The molecule has 0 spiro atoms. The Hall–Kier alpha value is -1.49. The van der Waals surface area contributed by atoms with Gasteiger partial charge in [-0.2, -0.15) is 0 Å². The molecule has 0 bridgehead atoms. The standard InChI is InChI=1S/C12H15F2NO2/c1-2-8(7-16)15-12(17)6-9-10(13)4-3-5-11(9)14/h3-5,8,16H,2,6-7H2,1H3,(H,15,17)/t8-/m0/s1. The zero-order chi connectivity index (χ0) is 12.8. The Morgan fingerprint density at radius 1 is 1.41 bits per heavy atom. The number of amides is 1. The lowest BCUT2D eigenvalue weighted by atomic mass is 10.1. The highest BCUT2D eigenvalue weighted by molar-refractivity contribution is 5.79.